The molecule has 1 rings (SSSR count). The monoisotopic (exact) mass is 381 g/mol. The number of nitrogens with zero attached hydrogens (tertiary/aromatic N) is 1. The Bertz CT molecular complexity index is 454. The van der Waals surface area contributed by atoms with Crippen LogP contribution in [0.2, 0.25) is 0 Å². The SMILES string of the molecule is COC(=O)c1nccc(C(Br)C(Br)OC=O)c1O. The molecule has 2 atom stereocenters. The molecular weight excluding hydrogens is 374 g/mol. The second-order valence-corrected chi connectivity index (χ2v) is 4.96. The summed E-state index contributed by atoms with van der Waals surface area (Å²) in [5, 5.41) is 9.22. The molecule has 1 N–H and O–H groups in total. The highest BCUT2D eigenvalue weighted by atomic mass is 79.9. The Morgan fingerprint density at radius 3 is 2.78 bits per heavy atom. The summed E-state index contributed by atoms with van der Waals surface area (Å²) in [7, 11) is 1.19. The van der Waals surface area contributed by atoms with Crippen molar-refractivity contribution in [1.82, 2.24) is 4.98 Å². The van der Waals surface area contributed by atoms with E-state index in [1.807, 2.05) is 0 Å². The van der Waals surface area contributed by atoms with E-state index in [0.717, 1.165) is 0 Å². The summed E-state index contributed by atoms with van der Waals surface area (Å²) < 4.78 is 9.17. The van der Waals surface area contributed by atoms with Crippen LogP contribution in [0.15, 0.2) is 12.3 Å². The minimum Gasteiger partial charge on any atom is -0.505 e. The van der Waals surface area contributed by atoms with E-state index in [0.29, 0.717) is 5.56 Å². The predicted molar refractivity (Wildman–Crippen MR) is 68.8 cm³/mol. The summed E-state index contributed by atoms with van der Waals surface area (Å²) in [5.41, 5.74) is 0.138. The number of carbonyl (C=O) groups excluding carboxylic acids is 2. The summed E-state index contributed by atoms with van der Waals surface area (Å²) in [6.07, 6.45) is 1.34. The fraction of sp³-hybridized carbons (Fsp3) is 0.300. The van der Waals surface area contributed by atoms with Gasteiger partial charge in [0, 0.05) is 11.8 Å². The van der Waals surface area contributed by atoms with Crippen molar-refractivity contribution >= 4 is 44.3 Å². The Morgan fingerprint density at radius 2 is 2.22 bits per heavy atom. The van der Waals surface area contributed by atoms with Crippen LogP contribution in [0.4, 0.5) is 0 Å². The Morgan fingerprint density at radius 1 is 1.56 bits per heavy atom. The molecule has 6 nitrogen and oxygen atoms in total. The molecule has 0 bridgehead atoms. The first-order valence-corrected chi connectivity index (χ1v) is 6.49. The zero-order chi connectivity index (χ0) is 13.7. The lowest BCUT2D eigenvalue weighted by molar-refractivity contribution is -0.129. The number of aromatic nitrogens is 1. The third kappa shape index (κ3) is 3.20. The van der Waals surface area contributed by atoms with E-state index in [1.165, 1.54) is 19.4 Å². The maximum atomic E-state index is 11.3. The number of carbonyl (C=O) groups is 2. The van der Waals surface area contributed by atoms with Crippen molar-refractivity contribution in [3.63, 3.8) is 0 Å². The van der Waals surface area contributed by atoms with Crippen LogP contribution in [0, 0.1) is 0 Å². The number of rotatable bonds is 5. The number of aromatic hydroxyl groups is 1. The topological polar surface area (TPSA) is 85.7 Å². The van der Waals surface area contributed by atoms with Gasteiger partial charge in [0.15, 0.2) is 16.5 Å². The van der Waals surface area contributed by atoms with Gasteiger partial charge in [-0.3, -0.25) is 4.79 Å². The van der Waals surface area contributed by atoms with Crippen molar-refractivity contribution in [2.24, 2.45) is 0 Å². The molecule has 0 saturated carbocycles. The first-order valence-electron chi connectivity index (χ1n) is 4.66. The number of hydrogen-bond acceptors (Lipinski definition) is 6. The van der Waals surface area contributed by atoms with Crippen LogP contribution in [0.25, 0.3) is 0 Å². The lowest BCUT2D eigenvalue weighted by Gasteiger charge is -2.17. The van der Waals surface area contributed by atoms with Crippen molar-refractivity contribution < 1.29 is 24.2 Å². The molecule has 2 unspecified atom stereocenters. The number of halogens is 2. The quantitative estimate of drug-likeness (QED) is 0.475. The van der Waals surface area contributed by atoms with E-state index < -0.39 is 15.8 Å². The molecule has 0 aromatic carbocycles. The first kappa shape index (κ1) is 14.9. The molecule has 8 heteroatoms. The molecule has 1 aromatic rings. The summed E-state index contributed by atoms with van der Waals surface area (Å²) in [6, 6.07) is 1.49. The van der Waals surface area contributed by atoms with Crippen LogP contribution < -0.4 is 0 Å². The van der Waals surface area contributed by atoms with Crippen molar-refractivity contribution in [2.75, 3.05) is 7.11 Å². The van der Waals surface area contributed by atoms with Gasteiger partial charge in [0.2, 0.25) is 0 Å². The van der Waals surface area contributed by atoms with Gasteiger partial charge < -0.3 is 14.6 Å². The second-order valence-electron chi connectivity index (χ2n) is 3.07. The minimum absolute atomic E-state index is 0.203. The summed E-state index contributed by atoms with van der Waals surface area (Å²) >= 11 is 6.34. The van der Waals surface area contributed by atoms with E-state index in [1.54, 1.807) is 0 Å². The Labute approximate surface area is 120 Å². The van der Waals surface area contributed by atoms with E-state index in [4.69, 9.17) is 0 Å². The summed E-state index contributed by atoms with van der Waals surface area (Å²) in [6.45, 7) is 0.271. The van der Waals surface area contributed by atoms with Crippen molar-refractivity contribution in [3.8, 4) is 5.75 Å². The molecule has 0 fully saturated rings. The second kappa shape index (κ2) is 6.69. The fourth-order valence-corrected chi connectivity index (χ4v) is 2.07. The number of alkyl halides is 2. The van der Waals surface area contributed by atoms with Crippen LogP contribution in [0.5, 0.6) is 5.75 Å². The maximum Gasteiger partial charge on any atom is 0.360 e. The third-order valence-electron chi connectivity index (χ3n) is 2.05. The molecule has 0 radical (unpaired) electrons. The molecule has 1 aromatic heterocycles. The zero-order valence-corrected chi connectivity index (χ0v) is 12.3. The van der Waals surface area contributed by atoms with Crippen molar-refractivity contribution in [1.29, 1.82) is 0 Å². The molecule has 1 heterocycles. The molecule has 0 aliphatic carbocycles. The van der Waals surface area contributed by atoms with Crippen LogP contribution in [0.1, 0.15) is 20.9 Å². The summed E-state index contributed by atoms with van der Waals surface area (Å²) in [4.78, 5) is 24.8. The normalized spacial score (nSPS) is 13.5. The van der Waals surface area contributed by atoms with Gasteiger partial charge in [-0.15, -0.1) is 0 Å². The maximum absolute atomic E-state index is 11.3. The highest BCUT2D eigenvalue weighted by Gasteiger charge is 2.25. The zero-order valence-electron chi connectivity index (χ0n) is 9.17. The smallest absolute Gasteiger partial charge is 0.360 e. The predicted octanol–water partition coefficient (Wildman–Crippen LogP) is 1.90. The van der Waals surface area contributed by atoms with Crippen molar-refractivity contribution in [2.45, 2.75) is 9.84 Å². The van der Waals surface area contributed by atoms with Gasteiger partial charge in [0.1, 0.15) is 0 Å². The van der Waals surface area contributed by atoms with Gasteiger partial charge in [-0.1, -0.05) is 15.9 Å². The Balaban J connectivity index is 3.10. The Kier molecular flexibility index (Phi) is 5.54. The van der Waals surface area contributed by atoms with Crippen molar-refractivity contribution in [3.05, 3.63) is 23.5 Å². The molecule has 0 spiro atoms. The third-order valence-corrected chi connectivity index (χ3v) is 4.47. The average Bonchev–Trinajstić information content (AvgIpc) is 2.37. The number of hydrogen-bond donors (Lipinski definition) is 1. The molecule has 0 amide bonds. The Hall–Kier alpha value is -1.15. The lowest BCUT2D eigenvalue weighted by Crippen LogP contribution is -2.12. The minimum atomic E-state index is -0.753. The highest BCUT2D eigenvalue weighted by molar-refractivity contribution is 9.12. The first-order chi connectivity index (χ1) is 8.52. The molecule has 0 saturated heterocycles. The fourth-order valence-electron chi connectivity index (χ4n) is 1.20. The van der Waals surface area contributed by atoms with Crippen LogP contribution in [-0.2, 0) is 14.3 Å². The molecule has 0 aliphatic rings. The van der Waals surface area contributed by atoms with Gasteiger partial charge in [-0.2, -0.15) is 0 Å². The molecule has 98 valence electrons. The average molecular weight is 383 g/mol. The van der Waals surface area contributed by atoms with Crippen LogP contribution in [0.3, 0.4) is 0 Å². The lowest BCUT2D eigenvalue weighted by atomic mass is 10.1. The van der Waals surface area contributed by atoms with Gasteiger partial charge in [-0.25, -0.2) is 9.78 Å². The van der Waals surface area contributed by atoms with Gasteiger partial charge >= 0.3 is 5.97 Å². The number of esters is 1. The van der Waals surface area contributed by atoms with Gasteiger partial charge in [-0.05, 0) is 22.0 Å². The van der Waals surface area contributed by atoms with E-state index >= 15 is 0 Å². The van der Waals surface area contributed by atoms with E-state index in [-0.39, 0.29) is 17.9 Å². The van der Waals surface area contributed by atoms with Gasteiger partial charge in [0.25, 0.3) is 6.47 Å². The van der Waals surface area contributed by atoms with E-state index in [2.05, 4.69) is 46.3 Å². The number of ether oxygens (including phenoxy) is 2. The van der Waals surface area contributed by atoms with E-state index in [9.17, 15) is 14.7 Å². The molecular formula is C10H9Br2NO5. The standard InChI is InChI=1S/C10H9Br2NO5/c1-17-10(16)7-8(15)5(2-3-13-7)6(11)9(12)18-4-14/h2-4,6,9,15H,1H3. The number of methoxy groups -OCH3 is 1. The van der Waals surface area contributed by atoms with Crippen LogP contribution in [-0.4, -0.2) is 34.7 Å². The molecule has 18 heavy (non-hydrogen) atoms. The van der Waals surface area contributed by atoms with Crippen LogP contribution >= 0.6 is 31.9 Å². The largest absolute Gasteiger partial charge is 0.505 e. The number of pyridine rings is 1. The van der Waals surface area contributed by atoms with Gasteiger partial charge in [0.05, 0.1) is 11.9 Å². The molecule has 0 aliphatic heterocycles. The highest BCUT2D eigenvalue weighted by Crippen LogP contribution is 2.37. The summed E-state index contributed by atoms with van der Waals surface area (Å²) in [5.74, 6) is -1.08.